The van der Waals surface area contributed by atoms with Crippen LogP contribution in [0.5, 0.6) is 0 Å². The van der Waals surface area contributed by atoms with E-state index in [1.807, 2.05) is 6.07 Å². The van der Waals surface area contributed by atoms with Gasteiger partial charge in [0.25, 0.3) is 0 Å². The maximum absolute atomic E-state index is 12.0. The summed E-state index contributed by atoms with van der Waals surface area (Å²) in [5.41, 5.74) is -1.01. The summed E-state index contributed by atoms with van der Waals surface area (Å²) in [5, 5.41) is 8.66. The lowest BCUT2D eigenvalue weighted by Crippen LogP contribution is -2.27. The van der Waals surface area contributed by atoms with Crippen molar-refractivity contribution >= 4 is 10.8 Å². The van der Waals surface area contributed by atoms with E-state index in [1.54, 1.807) is 38.1 Å². The SMILES string of the molecule is C=C(S(=O)c1ccccc1)C(C)(C)OO. The summed E-state index contributed by atoms with van der Waals surface area (Å²) in [4.78, 5) is 5.23. The minimum Gasteiger partial charge on any atom is -0.251 e. The molecule has 0 bridgehead atoms. The fourth-order valence-electron chi connectivity index (χ4n) is 0.960. The van der Waals surface area contributed by atoms with Crippen molar-refractivity contribution in [2.75, 3.05) is 0 Å². The van der Waals surface area contributed by atoms with Gasteiger partial charge in [0.1, 0.15) is 5.60 Å². The molecule has 1 N–H and O–H groups in total. The van der Waals surface area contributed by atoms with Crippen LogP contribution in [-0.4, -0.2) is 15.1 Å². The van der Waals surface area contributed by atoms with E-state index in [0.29, 0.717) is 9.80 Å². The molecule has 0 spiro atoms. The van der Waals surface area contributed by atoms with Crippen LogP contribution in [0.2, 0.25) is 0 Å². The molecule has 0 aliphatic rings. The summed E-state index contributed by atoms with van der Waals surface area (Å²) in [5.74, 6) is 0. The molecule has 3 nitrogen and oxygen atoms in total. The van der Waals surface area contributed by atoms with Gasteiger partial charge in [0.2, 0.25) is 0 Å². The Morgan fingerprint density at radius 1 is 1.40 bits per heavy atom. The Labute approximate surface area is 91.8 Å². The van der Waals surface area contributed by atoms with Gasteiger partial charge in [0, 0.05) is 9.80 Å². The van der Waals surface area contributed by atoms with Gasteiger partial charge in [-0.2, -0.15) is 0 Å². The van der Waals surface area contributed by atoms with Crippen LogP contribution in [0.25, 0.3) is 0 Å². The van der Waals surface area contributed by atoms with Crippen molar-refractivity contribution in [3.63, 3.8) is 0 Å². The van der Waals surface area contributed by atoms with Crippen LogP contribution < -0.4 is 0 Å². The predicted octanol–water partition coefficient (Wildman–Crippen LogP) is 2.58. The van der Waals surface area contributed by atoms with E-state index in [9.17, 15) is 4.21 Å². The first-order valence-corrected chi connectivity index (χ1v) is 5.63. The second kappa shape index (κ2) is 4.70. The van der Waals surface area contributed by atoms with Crippen LogP contribution in [-0.2, 0) is 15.7 Å². The predicted molar refractivity (Wildman–Crippen MR) is 59.8 cm³/mol. The number of benzene rings is 1. The normalized spacial score (nSPS) is 13.5. The highest BCUT2D eigenvalue weighted by Gasteiger charge is 2.28. The molecule has 0 saturated carbocycles. The molecule has 0 fully saturated rings. The summed E-state index contributed by atoms with van der Waals surface area (Å²) in [7, 11) is -1.38. The summed E-state index contributed by atoms with van der Waals surface area (Å²) in [6, 6.07) is 8.93. The van der Waals surface area contributed by atoms with Crippen LogP contribution in [0.15, 0.2) is 46.7 Å². The average Bonchev–Trinajstić information content (AvgIpc) is 2.28. The molecule has 82 valence electrons. The Bertz CT molecular complexity index is 371. The molecule has 0 aromatic heterocycles. The van der Waals surface area contributed by atoms with E-state index in [1.165, 1.54) is 0 Å². The van der Waals surface area contributed by atoms with Crippen molar-refractivity contribution in [3.05, 3.63) is 41.8 Å². The Balaban J connectivity index is 2.93. The van der Waals surface area contributed by atoms with Gasteiger partial charge >= 0.3 is 0 Å². The highest BCUT2D eigenvalue weighted by Crippen LogP contribution is 2.25. The van der Waals surface area contributed by atoms with E-state index in [4.69, 9.17) is 5.26 Å². The van der Waals surface area contributed by atoms with E-state index in [-0.39, 0.29) is 0 Å². The van der Waals surface area contributed by atoms with Crippen molar-refractivity contribution in [2.45, 2.75) is 24.3 Å². The Morgan fingerprint density at radius 3 is 2.40 bits per heavy atom. The largest absolute Gasteiger partial charge is 0.251 e. The first-order chi connectivity index (χ1) is 6.99. The summed E-state index contributed by atoms with van der Waals surface area (Å²) in [6.45, 7) is 6.90. The Kier molecular flexibility index (Phi) is 3.79. The molecular formula is C11H14O3S. The molecule has 4 heteroatoms. The first kappa shape index (κ1) is 12.1. The summed E-state index contributed by atoms with van der Waals surface area (Å²) >= 11 is 0. The molecular weight excluding hydrogens is 212 g/mol. The lowest BCUT2D eigenvalue weighted by atomic mass is 10.1. The van der Waals surface area contributed by atoms with Crippen LogP contribution in [0, 0.1) is 0 Å². The van der Waals surface area contributed by atoms with Gasteiger partial charge in [-0.25, -0.2) is 9.10 Å². The molecule has 1 rings (SSSR count). The third-order valence-electron chi connectivity index (χ3n) is 2.08. The first-order valence-electron chi connectivity index (χ1n) is 4.48. The summed E-state index contributed by atoms with van der Waals surface area (Å²) < 4.78 is 12.0. The van der Waals surface area contributed by atoms with Crippen molar-refractivity contribution < 1.29 is 14.4 Å². The maximum Gasteiger partial charge on any atom is 0.131 e. The maximum atomic E-state index is 12.0. The Morgan fingerprint density at radius 2 is 1.93 bits per heavy atom. The monoisotopic (exact) mass is 226 g/mol. The zero-order valence-electron chi connectivity index (χ0n) is 8.77. The van der Waals surface area contributed by atoms with Crippen LogP contribution in [0.1, 0.15) is 13.8 Å². The van der Waals surface area contributed by atoms with Crippen molar-refractivity contribution in [2.24, 2.45) is 0 Å². The topological polar surface area (TPSA) is 46.5 Å². The second-order valence-corrected chi connectivity index (χ2v) is 5.11. The second-order valence-electron chi connectivity index (χ2n) is 3.61. The van der Waals surface area contributed by atoms with Crippen LogP contribution in [0.4, 0.5) is 0 Å². The van der Waals surface area contributed by atoms with Crippen LogP contribution >= 0.6 is 0 Å². The van der Waals surface area contributed by atoms with Gasteiger partial charge in [-0.3, -0.25) is 5.26 Å². The molecule has 1 aromatic rings. The van der Waals surface area contributed by atoms with Crippen LogP contribution in [0.3, 0.4) is 0 Å². The van der Waals surface area contributed by atoms with Crippen molar-refractivity contribution in [1.82, 2.24) is 0 Å². The Hall–Kier alpha value is -0.970. The fraction of sp³-hybridized carbons (Fsp3) is 0.273. The molecule has 0 radical (unpaired) electrons. The van der Waals surface area contributed by atoms with Gasteiger partial charge in [0.05, 0.1) is 10.8 Å². The zero-order chi connectivity index (χ0) is 11.5. The number of hydrogen-bond donors (Lipinski definition) is 1. The zero-order valence-corrected chi connectivity index (χ0v) is 9.58. The van der Waals surface area contributed by atoms with Crippen molar-refractivity contribution in [1.29, 1.82) is 0 Å². The minimum absolute atomic E-state index is 0.330. The minimum atomic E-state index is -1.38. The number of rotatable bonds is 4. The van der Waals surface area contributed by atoms with E-state index in [0.717, 1.165) is 0 Å². The van der Waals surface area contributed by atoms with Gasteiger partial charge in [0.15, 0.2) is 0 Å². The molecule has 1 aromatic carbocycles. The molecule has 0 saturated heterocycles. The average molecular weight is 226 g/mol. The van der Waals surface area contributed by atoms with Gasteiger partial charge in [-0.1, -0.05) is 24.8 Å². The van der Waals surface area contributed by atoms with Gasteiger partial charge in [-0.05, 0) is 26.0 Å². The molecule has 15 heavy (non-hydrogen) atoms. The van der Waals surface area contributed by atoms with Crippen molar-refractivity contribution in [3.8, 4) is 0 Å². The molecule has 0 aliphatic carbocycles. The van der Waals surface area contributed by atoms with Gasteiger partial charge in [-0.15, -0.1) is 0 Å². The van der Waals surface area contributed by atoms with Gasteiger partial charge < -0.3 is 0 Å². The standard InChI is InChI=1S/C11H14O3S/c1-9(11(2,3)14-12)15(13)10-7-5-4-6-8-10/h4-8,12H,1H2,2-3H3. The highest BCUT2D eigenvalue weighted by molar-refractivity contribution is 7.89. The highest BCUT2D eigenvalue weighted by atomic mass is 32.2. The fourth-order valence-corrected chi connectivity index (χ4v) is 2.13. The third kappa shape index (κ3) is 2.75. The molecule has 1 atom stereocenters. The molecule has 1 unspecified atom stereocenters. The number of hydrogen-bond acceptors (Lipinski definition) is 3. The lowest BCUT2D eigenvalue weighted by molar-refractivity contribution is -0.298. The van der Waals surface area contributed by atoms with E-state index < -0.39 is 16.4 Å². The molecule has 0 heterocycles. The quantitative estimate of drug-likeness (QED) is 0.634. The lowest BCUT2D eigenvalue weighted by Gasteiger charge is -2.22. The van der Waals surface area contributed by atoms with E-state index in [2.05, 4.69) is 11.5 Å². The smallest absolute Gasteiger partial charge is 0.131 e. The van der Waals surface area contributed by atoms with E-state index >= 15 is 0 Å². The molecule has 0 amide bonds. The molecule has 0 aliphatic heterocycles. The summed E-state index contributed by atoms with van der Waals surface area (Å²) in [6.07, 6.45) is 0. The third-order valence-corrected chi connectivity index (χ3v) is 3.72.